The van der Waals surface area contributed by atoms with Gasteiger partial charge in [-0.3, -0.25) is 0 Å². The molecule has 82 valence electrons. The Balaban J connectivity index is 2.35. The van der Waals surface area contributed by atoms with E-state index in [0.717, 1.165) is 0 Å². The molecule has 1 aromatic heterocycles. The molecule has 16 heavy (non-hydrogen) atoms. The summed E-state index contributed by atoms with van der Waals surface area (Å²) in [7, 11) is 0. The lowest BCUT2D eigenvalue weighted by Crippen LogP contribution is -1.93. The van der Waals surface area contributed by atoms with Crippen LogP contribution in [-0.4, -0.2) is 9.97 Å². The summed E-state index contributed by atoms with van der Waals surface area (Å²) < 4.78 is 18.6. The van der Waals surface area contributed by atoms with E-state index in [9.17, 15) is 4.39 Å². The molecular weight excluding hydrogens is 254 g/mol. The van der Waals surface area contributed by atoms with Gasteiger partial charge in [0.25, 0.3) is 5.88 Å². The molecule has 2 aromatic rings. The molecule has 0 bridgehead atoms. The molecule has 1 aromatic carbocycles. The molecule has 0 unspecified atom stereocenters. The van der Waals surface area contributed by atoms with Crippen LogP contribution >= 0.6 is 23.2 Å². The zero-order valence-electron chi connectivity index (χ0n) is 7.82. The maximum atomic E-state index is 13.5. The van der Waals surface area contributed by atoms with Crippen molar-refractivity contribution in [3.8, 4) is 11.6 Å². The first-order valence-electron chi connectivity index (χ1n) is 4.27. The Morgan fingerprint density at radius 1 is 1.12 bits per heavy atom. The highest BCUT2D eigenvalue weighted by Crippen LogP contribution is 2.29. The molecule has 0 aliphatic heterocycles. The van der Waals surface area contributed by atoms with Gasteiger partial charge in [0.15, 0.2) is 16.7 Å². The van der Waals surface area contributed by atoms with E-state index in [1.807, 2.05) is 0 Å². The largest absolute Gasteiger partial charge is 0.433 e. The molecule has 6 heteroatoms. The van der Waals surface area contributed by atoms with Crippen molar-refractivity contribution in [2.75, 3.05) is 0 Å². The zero-order chi connectivity index (χ0) is 11.5. The first-order valence-corrected chi connectivity index (χ1v) is 5.02. The second-order valence-corrected chi connectivity index (χ2v) is 3.57. The van der Waals surface area contributed by atoms with Crippen molar-refractivity contribution in [2.45, 2.75) is 0 Å². The van der Waals surface area contributed by atoms with Crippen LogP contribution in [0.4, 0.5) is 4.39 Å². The molecule has 0 atom stereocenters. The second-order valence-electron chi connectivity index (χ2n) is 2.81. The summed E-state index contributed by atoms with van der Waals surface area (Å²) in [6.07, 6.45) is 2.80. The average molecular weight is 259 g/mol. The fourth-order valence-corrected chi connectivity index (χ4v) is 1.35. The molecule has 0 aliphatic carbocycles. The van der Waals surface area contributed by atoms with Crippen LogP contribution in [-0.2, 0) is 0 Å². The highest BCUT2D eigenvalue weighted by molar-refractivity contribution is 6.31. The molecule has 0 fully saturated rings. The molecule has 3 nitrogen and oxygen atoms in total. The summed E-state index contributed by atoms with van der Waals surface area (Å²) in [5, 5.41) is 0.0272. The third kappa shape index (κ3) is 2.23. The normalized spacial score (nSPS) is 10.2. The summed E-state index contributed by atoms with van der Waals surface area (Å²) in [6, 6.07) is 4.40. The van der Waals surface area contributed by atoms with Crippen LogP contribution in [0.2, 0.25) is 10.2 Å². The van der Waals surface area contributed by atoms with Gasteiger partial charge in [-0.05, 0) is 12.1 Å². The van der Waals surface area contributed by atoms with Crippen molar-refractivity contribution in [3.63, 3.8) is 0 Å². The summed E-state index contributed by atoms with van der Waals surface area (Å²) in [4.78, 5) is 7.57. The standard InChI is InChI=1S/C10H5Cl2FN2O/c11-6-2-1-3-7(8(6)13)16-10-9(12)14-4-5-15-10/h1-5H. The van der Waals surface area contributed by atoms with E-state index >= 15 is 0 Å². The summed E-state index contributed by atoms with van der Waals surface area (Å²) in [5.41, 5.74) is 0. The van der Waals surface area contributed by atoms with Gasteiger partial charge >= 0.3 is 0 Å². The number of nitrogens with zero attached hydrogens (tertiary/aromatic N) is 2. The number of benzene rings is 1. The second kappa shape index (κ2) is 4.63. The van der Waals surface area contributed by atoms with Crippen LogP contribution in [0.1, 0.15) is 0 Å². The zero-order valence-corrected chi connectivity index (χ0v) is 9.34. The highest BCUT2D eigenvalue weighted by atomic mass is 35.5. The molecule has 2 rings (SSSR count). The Bertz CT molecular complexity index is 522. The molecule has 0 N–H and O–H groups in total. The lowest BCUT2D eigenvalue weighted by atomic mass is 10.3. The van der Waals surface area contributed by atoms with Gasteiger partial charge in [0, 0.05) is 12.4 Å². The number of rotatable bonds is 2. The van der Waals surface area contributed by atoms with Gasteiger partial charge in [-0.2, -0.15) is 0 Å². The Labute approximate surface area is 101 Å². The van der Waals surface area contributed by atoms with Crippen molar-refractivity contribution < 1.29 is 9.13 Å². The molecule has 0 saturated carbocycles. The van der Waals surface area contributed by atoms with Crippen molar-refractivity contribution in [1.29, 1.82) is 0 Å². The Morgan fingerprint density at radius 3 is 2.62 bits per heavy atom. The molecule has 0 amide bonds. The fourth-order valence-electron chi connectivity index (χ4n) is 1.04. The summed E-state index contributed by atoms with van der Waals surface area (Å²) in [5.74, 6) is -0.675. The quantitative estimate of drug-likeness (QED) is 0.824. The minimum atomic E-state index is -0.661. The van der Waals surface area contributed by atoms with Crippen LogP contribution in [0.15, 0.2) is 30.6 Å². The molecule has 0 aliphatic rings. The Kier molecular flexibility index (Phi) is 3.22. The van der Waals surface area contributed by atoms with Crippen LogP contribution in [0, 0.1) is 5.82 Å². The van der Waals surface area contributed by atoms with Gasteiger partial charge < -0.3 is 4.74 Å². The Hall–Kier alpha value is -1.39. The molecular formula is C10H5Cl2FN2O. The predicted octanol–water partition coefficient (Wildman–Crippen LogP) is 3.71. The third-order valence-corrected chi connectivity index (χ3v) is 2.30. The van der Waals surface area contributed by atoms with Crippen LogP contribution in [0.25, 0.3) is 0 Å². The molecule has 1 heterocycles. The van der Waals surface area contributed by atoms with E-state index in [1.54, 1.807) is 6.07 Å². The smallest absolute Gasteiger partial charge is 0.257 e. The van der Waals surface area contributed by atoms with E-state index in [4.69, 9.17) is 27.9 Å². The number of aromatic nitrogens is 2. The first-order chi connectivity index (χ1) is 7.68. The van der Waals surface area contributed by atoms with E-state index in [1.165, 1.54) is 24.5 Å². The Morgan fingerprint density at radius 2 is 1.88 bits per heavy atom. The highest BCUT2D eigenvalue weighted by Gasteiger charge is 2.11. The van der Waals surface area contributed by atoms with Crippen LogP contribution in [0.5, 0.6) is 11.6 Å². The van der Waals surface area contributed by atoms with Crippen molar-refractivity contribution in [1.82, 2.24) is 9.97 Å². The van der Waals surface area contributed by atoms with Crippen LogP contribution in [0.3, 0.4) is 0 Å². The SMILES string of the molecule is Fc1c(Cl)cccc1Oc1nccnc1Cl. The molecule has 0 spiro atoms. The van der Waals surface area contributed by atoms with E-state index < -0.39 is 5.82 Å². The lowest BCUT2D eigenvalue weighted by molar-refractivity contribution is 0.426. The van der Waals surface area contributed by atoms with Gasteiger partial charge in [0.1, 0.15) is 0 Å². The lowest BCUT2D eigenvalue weighted by Gasteiger charge is -2.06. The molecule has 0 saturated heterocycles. The van der Waals surface area contributed by atoms with Crippen molar-refractivity contribution in [2.24, 2.45) is 0 Å². The predicted molar refractivity (Wildman–Crippen MR) is 58.5 cm³/mol. The van der Waals surface area contributed by atoms with Crippen LogP contribution < -0.4 is 4.74 Å². The topological polar surface area (TPSA) is 35.0 Å². The number of ether oxygens (including phenoxy) is 1. The third-order valence-electron chi connectivity index (χ3n) is 1.75. The van der Waals surface area contributed by atoms with Gasteiger partial charge in [0.05, 0.1) is 5.02 Å². The van der Waals surface area contributed by atoms with Gasteiger partial charge in [-0.1, -0.05) is 29.3 Å². The van der Waals surface area contributed by atoms with Gasteiger partial charge in [0.2, 0.25) is 0 Å². The monoisotopic (exact) mass is 258 g/mol. The minimum Gasteiger partial charge on any atom is -0.433 e. The number of hydrogen-bond acceptors (Lipinski definition) is 3. The number of hydrogen-bond donors (Lipinski definition) is 0. The minimum absolute atomic E-state index is 0.0301. The summed E-state index contributed by atoms with van der Waals surface area (Å²) >= 11 is 11.3. The van der Waals surface area contributed by atoms with Gasteiger partial charge in [-0.25, -0.2) is 14.4 Å². The first kappa shape index (κ1) is 11.1. The van der Waals surface area contributed by atoms with Crippen molar-refractivity contribution in [3.05, 3.63) is 46.6 Å². The molecule has 0 radical (unpaired) electrons. The fraction of sp³-hybridized carbons (Fsp3) is 0. The van der Waals surface area contributed by atoms with Crippen molar-refractivity contribution >= 4 is 23.2 Å². The van der Waals surface area contributed by atoms with E-state index in [-0.39, 0.29) is 21.8 Å². The summed E-state index contributed by atoms with van der Waals surface area (Å²) in [6.45, 7) is 0. The van der Waals surface area contributed by atoms with E-state index in [2.05, 4.69) is 9.97 Å². The number of halogens is 3. The maximum Gasteiger partial charge on any atom is 0.257 e. The van der Waals surface area contributed by atoms with E-state index in [0.29, 0.717) is 0 Å². The van der Waals surface area contributed by atoms with Gasteiger partial charge in [-0.15, -0.1) is 0 Å². The average Bonchev–Trinajstić information content (AvgIpc) is 2.28. The maximum absolute atomic E-state index is 13.5.